The molecule has 1 rings (SSSR count). The second-order valence-corrected chi connectivity index (χ2v) is 5.32. The normalized spacial score (nSPS) is 17.8. The Morgan fingerprint density at radius 2 is 1.89 bits per heavy atom. The van der Waals surface area contributed by atoms with Crippen LogP contribution in [0.5, 0.6) is 0 Å². The quantitative estimate of drug-likeness (QED) is 0.774. The number of carbonyl (C=O) groups excluding carboxylic acids is 1. The second kappa shape index (κ2) is 6.48. The number of nitrogens with zero attached hydrogens (tertiary/aromatic N) is 1. The third-order valence-electron chi connectivity index (χ3n) is 4.15. The summed E-state index contributed by atoms with van der Waals surface area (Å²) in [6, 6.07) is 0. The zero-order valence-electron chi connectivity index (χ0n) is 11.6. The molecule has 1 fully saturated rings. The molecule has 5 heteroatoms. The van der Waals surface area contributed by atoms with Crippen molar-refractivity contribution in [3.63, 3.8) is 0 Å². The number of hydrogen-bond donors (Lipinski definition) is 1. The van der Waals surface area contributed by atoms with Crippen molar-refractivity contribution >= 4 is 23.1 Å². The highest BCUT2D eigenvalue weighted by atomic mass is 32.1. The number of amides is 1. The Hall–Kier alpha value is -0.680. The SMILES string of the molecule is CCC(CC)(C(=O)N1CCC(OC)CC1)C(N)=S. The van der Waals surface area contributed by atoms with Crippen molar-refractivity contribution in [3.8, 4) is 0 Å². The molecule has 1 aliphatic rings. The van der Waals surface area contributed by atoms with E-state index in [1.54, 1.807) is 7.11 Å². The molecule has 0 spiro atoms. The second-order valence-electron chi connectivity index (χ2n) is 4.88. The molecule has 0 saturated carbocycles. The molecule has 0 unspecified atom stereocenters. The van der Waals surface area contributed by atoms with Crippen LogP contribution in [-0.2, 0) is 9.53 Å². The van der Waals surface area contributed by atoms with E-state index in [2.05, 4.69) is 0 Å². The van der Waals surface area contributed by atoms with Gasteiger partial charge >= 0.3 is 0 Å². The van der Waals surface area contributed by atoms with Crippen LogP contribution >= 0.6 is 12.2 Å². The number of nitrogens with two attached hydrogens (primary N) is 1. The number of likely N-dealkylation sites (tertiary alicyclic amines) is 1. The number of piperidine rings is 1. The maximum Gasteiger partial charge on any atom is 0.235 e. The van der Waals surface area contributed by atoms with E-state index in [0.29, 0.717) is 17.8 Å². The summed E-state index contributed by atoms with van der Waals surface area (Å²) in [6.45, 7) is 5.42. The summed E-state index contributed by atoms with van der Waals surface area (Å²) in [5.74, 6) is 0.0922. The predicted octanol–water partition coefficient (Wildman–Crippen LogP) is 1.72. The van der Waals surface area contributed by atoms with Crippen molar-refractivity contribution in [2.45, 2.75) is 45.6 Å². The van der Waals surface area contributed by atoms with Gasteiger partial charge in [-0.1, -0.05) is 26.1 Å². The molecule has 0 radical (unpaired) electrons. The first-order valence-corrected chi connectivity index (χ1v) is 7.04. The van der Waals surface area contributed by atoms with Gasteiger partial charge in [-0.25, -0.2) is 0 Å². The molecule has 0 aromatic heterocycles. The molecule has 0 aromatic carbocycles. The summed E-state index contributed by atoms with van der Waals surface area (Å²) < 4.78 is 5.32. The van der Waals surface area contributed by atoms with E-state index in [1.165, 1.54) is 0 Å². The third kappa shape index (κ3) is 2.83. The van der Waals surface area contributed by atoms with E-state index >= 15 is 0 Å². The van der Waals surface area contributed by atoms with Crippen molar-refractivity contribution in [2.24, 2.45) is 11.1 Å². The summed E-state index contributed by atoms with van der Waals surface area (Å²) in [5, 5.41) is 0. The van der Waals surface area contributed by atoms with E-state index < -0.39 is 5.41 Å². The fraction of sp³-hybridized carbons (Fsp3) is 0.846. The number of carbonyl (C=O) groups is 1. The van der Waals surface area contributed by atoms with Crippen molar-refractivity contribution in [1.29, 1.82) is 0 Å². The summed E-state index contributed by atoms with van der Waals surface area (Å²) in [5.41, 5.74) is 5.16. The van der Waals surface area contributed by atoms with Crippen molar-refractivity contribution < 1.29 is 9.53 Å². The molecule has 0 aromatic rings. The van der Waals surface area contributed by atoms with Gasteiger partial charge in [0.2, 0.25) is 5.91 Å². The maximum atomic E-state index is 12.6. The first-order valence-electron chi connectivity index (χ1n) is 6.63. The molecule has 1 aliphatic heterocycles. The number of hydrogen-bond acceptors (Lipinski definition) is 3. The molecule has 104 valence electrons. The van der Waals surface area contributed by atoms with Crippen LogP contribution in [-0.4, -0.2) is 42.1 Å². The van der Waals surface area contributed by atoms with Crippen molar-refractivity contribution in [2.75, 3.05) is 20.2 Å². The van der Waals surface area contributed by atoms with Gasteiger partial charge in [-0.3, -0.25) is 4.79 Å². The maximum absolute atomic E-state index is 12.6. The lowest BCUT2D eigenvalue weighted by molar-refractivity contribution is -0.141. The van der Waals surface area contributed by atoms with Crippen LogP contribution in [0.25, 0.3) is 0 Å². The minimum Gasteiger partial charge on any atom is -0.392 e. The molecule has 0 bridgehead atoms. The van der Waals surface area contributed by atoms with E-state index in [1.807, 2.05) is 18.7 Å². The third-order valence-corrected chi connectivity index (χ3v) is 4.54. The van der Waals surface area contributed by atoms with Crippen molar-refractivity contribution in [1.82, 2.24) is 4.90 Å². The topological polar surface area (TPSA) is 55.6 Å². The van der Waals surface area contributed by atoms with E-state index in [0.717, 1.165) is 25.9 Å². The first kappa shape index (κ1) is 15.4. The highest BCUT2D eigenvalue weighted by Gasteiger charge is 2.41. The molecule has 4 nitrogen and oxygen atoms in total. The van der Waals surface area contributed by atoms with Gasteiger partial charge < -0.3 is 15.4 Å². The molecule has 1 saturated heterocycles. The lowest BCUT2D eigenvalue weighted by Gasteiger charge is -2.38. The molecule has 18 heavy (non-hydrogen) atoms. The molecule has 1 heterocycles. The molecular formula is C13H24N2O2S. The fourth-order valence-electron chi connectivity index (χ4n) is 2.60. The highest BCUT2D eigenvalue weighted by Crippen LogP contribution is 2.31. The summed E-state index contributed by atoms with van der Waals surface area (Å²) in [4.78, 5) is 14.9. The lowest BCUT2D eigenvalue weighted by atomic mass is 9.80. The standard InChI is InChI=1S/C13H24N2O2S/c1-4-13(5-2,11(14)18)12(16)15-8-6-10(17-3)7-9-15/h10H,4-9H2,1-3H3,(H2,14,18). The largest absolute Gasteiger partial charge is 0.392 e. The lowest BCUT2D eigenvalue weighted by Crippen LogP contribution is -2.52. The summed E-state index contributed by atoms with van der Waals surface area (Å²) in [7, 11) is 1.72. The smallest absolute Gasteiger partial charge is 0.235 e. The van der Waals surface area contributed by atoms with Crippen LogP contribution in [0.15, 0.2) is 0 Å². The minimum atomic E-state index is -0.657. The van der Waals surface area contributed by atoms with Crippen LogP contribution < -0.4 is 5.73 Å². The summed E-state index contributed by atoms with van der Waals surface area (Å²) >= 11 is 5.12. The molecule has 1 amide bonds. The molecule has 0 atom stereocenters. The number of ether oxygens (including phenoxy) is 1. The monoisotopic (exact) mass is 272 g/mol. The Kier molecular flexibility index (Phi) is 5.53. The Labute approximate surface area is 115 Å². The minimum absolute atomic E-state index is 0.0922. The van der Waals surface area contributed by atoms with Gasteiger partial charge in [0.25, 0.3) is 0 Å². The van der Waals surface area contributed by atoms with Crippen LogP contribution in [0.2, 0.25) is 0 Å². The number of thiocarbonyl (C=S) groups is 1. The van der Waals surface area contributed by atoms with Crippen LogP contribution in [0.3, 0.4) is 0 Å². The number of rotatable bonds is 5. The average molecular weight is 272 g/mol. The van der Waals surface area contributed by atoms with Gasteiger partial charge in [-0.05, 0) is 25.7 Å². The molecular weight excluding hydrogens is 248 g/mol. The van der Waals surface area contributed by atoms with E-state index in [-0.39, 0.29) is 12.0 Å². The highest BCUT2D eigenvalue weighted by molar-refractivity contribution is 7.80. The first-order chi connectivity index (χ1) is 8.51. The van der Waals surface area contributed by atoms with Crippen molar-refractivity contribution in [3.05, 3.63) is 0 Å². The zero-order chi connectivity index (χ0) is 13.8. The van der Waals surface area contributed by atoms with E-state index in [4.69, 9.17) is 22.7 Å². The molecule has 0 aliphatic carbocycles. The van der Waals surface area contributed by atoms with Gasteiger partial charge in [0.05, 0.1) is 16.5 Å². The summed E-state index contributed by atoms with van der Waals surface area (Å²) in [6.07, 6.45) is 3.40. The van der Waals surface area contributed by atoms with Gasteiger partial charge in [0, 0.05) is 20.2 Å². The Morgan fingerprint density at radius 3 is 2.22 bits per heavy atom. The average Bonchev–Trinajstić information content (AvgIpc) is 2.40. The Morgan fingerprint density at radius 1 is 1.39 bits per heavy atom. The predicted molar refractivity (Wildman–Crippen MR) is 76.4 cm³/mol. The van der Waals surface area contributed by atoms with Gasteiger partial charge in [0.15, 0.2) is 0 Å². The van der Waals surface area contributed by atoms with Crippen LogP contribution in [0.4, 0.5) is 0 Å². The number of methoxy groups -OCH3 is 1. The van der Waals surface area contributed by atoms with E-state index in [9.17, 15) is 4.79 Å². The Balaban J connectivity index is 2.77. The van der Waals surface area contributed by atoms with Crippen LogP contribution in [0, 0.1) is 5.41 Å². The fourth-order valence-corrected chi connectivity index (χ4v) is 2.98. The van der Waals surface area contributed by atoms with Gasteiger partial charge in [-0.2, -0.15) is 0 Å². The van der Waals surface area contributed by atoms with Gasteiger partial charge in [0.1, 0.15) is 0 Å². The molecule has 2 N–H and O–H groups in total. The Bertz CT molecular complexity index is 308. The van der Waals surface area contributed by atoms with Gasteiger partial charge in [-0.15, -0.1) is 0 Å². The van der Waals surface area contributed by atoms with Crippen LogP contribution in [0.1, 0.15) is 39.5 Å². The zero-order valence-corrected chi connectivity index (χ0v) is 12.4.